The van der Waals surface area contributed by atoms with Gasteiger partial charge in [0.25, 0.3) is 0 Å². The molecule has 0 radical (unpaired) electrons. The lowest BCUT2D eigenvalue weighted by Crippen LogP contribution is -2.42. The van der Waals surface area contributed by atoms with E-state index in [2.05, 4.69) is 33.0 Å². The van der Waals surface area contributed by atoms with Crippen LogP contribution in [0.3, 0.4) is 0 Å². The smallest absolute Gasteiger partial charge is 0.246 e. The van der Waals surface area contributed by atoms with Gasteiger partial charge in [0.1, 0.15) is 0 Å². The minimum atomic E-state index is -0.341. The van der Waals surface area contributed by atoms with Gasteiger partial charge in [-0.3, -0.25) is 4.79 Å². The number of aryl methyl sites for hydroxylation is 2. The molecule has 0 saturated carbocycles. The summed E-state index contributed by atoms with van der Waals surface area (Å²) in [5.74, 6) is 1.05. The van der Waals surface area contributed by atoms with Gasteiger partial charge in [-0.2, -0.15) is 0 Å². The molecule has 0 spiro atoms. The van der Waals surface area contributed by atoms with Gasteiger partial charge in [0, 0.05) is 38.1 Å². The van der Waals surface area contributed by atoms with Crippen molar-refractivity contribution in [3.63, 3.8) is 0 Å². The molecule has 1 aliphatic rings. The summed E-state index contributed by atoms with van der Waals surface area (Å²) in [7, 11) is 0. The van der Waals surface area contributed by atoms with E-state index >= 15 is 0 Å². The predicted octanol–water partition coefficient (Wildman–Crippen LogP) is 2.32. The zero-order valence-corrected chi connectivity index (χ0v) is 14.1. The number of carbonyl (C=O) groups is 1. The highest BCUT2D eigenvalue weighted by Gasteiger charge is 2.28. The molecule has 7 heteroatoms. The summed E-state index contributed by atoms with van der Waals surface area (Å²) in [5.41, 5.74) is 1.15. The molecule has 0 aliphatic carbocycles. The van der Waals surface area contributed by atoms with Crippen molar-refractivity contribution in [3.8, 4) is 0 Å². The second-order valence-electron chi connectivity index (χ2n) is 6.18. The zero-order valence-electron chi connectivity index (χ0n) is 14.1. The van der Waals surface area contributed by atoms with E-state index < -0.39 is 0 Å². The summed E-state index contributed by atoms with van der Waals surface area (Å²) in [5, 5.41) is 9.02. The largest absolute Gasteiger partial charge is 0.423 e. The van der Waals surface area contributed by atoms with Crippen molar-refractivity contribution in [1.29, 1.82) is 0 Å². The molecule has 0 bridgehead atoms. The second-order valence-corrected chi connectivity index (χ2v) is 6.18. The lowest BCUT2D eigenvalue weighted by molar-refractivity contribution is -0.140. The lowest BCUT2D eigenvalue weighted by atomic mass is 10.2. The maximum absolute atomic E-state index is 12.6. The van der Waals surface area contributed by atoms with E-state index in [9.17, 15) is 4.79 Å². The number of aromatic nitrogens is 3. The number of ether oxygens (including phenoxy) is 1. The van der Waals surface area contributed by atoms with E-state index in [1.165, 1.54) is 5.39 Å². The van der Waals surface area contributed by atoms with Gasteiger partial charge in [-0.05, 0) is 17.5 Å². The average Bonchev–Trinajstić information content (AvgIpc) is 3.26. The number of hydrogen-bond donors (Lipinski definition) is 0. The van der Waals surface area contributed by atoms with Crippen LogP contribution in [0.15, 0.2) is 40.9 Å². The number of nitrogens with zero attached hydrogens (tertiary/aromatic N) is 4. The highest BCUT2D eigenvalue weighted by Crippen LogP contribution is 2.22. The molecule has 1 unspecified atom stereocenters. The van der Waals surface area contributed by atoms with Gasteiger partial charge in [-0.25, -0.2) is 0 Å². The van der Waals surface area contributed by atoms with Gasteiger partial charge in [-0.15, -0.1) is 10.2 Å². The number of rotatable bonds is 4. The molecule has 1 amide bonds. The third kappa shape index (κ3) is 3.28. The number of para-hydroxylation sites is 1. The molecule has 3 heterocycles. The predicted molar refractivity (Wildman–Crippen MR) is 90.9 cm³/mol. The van der Waals surface area contributed by atoms with Crippen LogP contribution in [0.1, 0.15) is 24.3 Å². The van der Waals surface area contributed by atoms with E-state index in [0.29, 0.717) is 44.4 Å². The zero-order chi connectivity index (χ0) is 17.2. The van der Waals surface area contributed by atoms with Crippen molar-refractivity contribution in [1.82, 2.24) is 19.7 Å². The van der Waals surface area contributed by atoms with Crippen LogP contribution in [0, 0.1) is 6.92 Å². The van der Waals surface area contributed by atoms with Crippen molar-refractivity contribution in [2.45, 2.75) is 26.0 Å². The van der Waals surface area contributed by atoms with Crippen LogP contribution in [0.25, 0.3) is 10.9 Å². The maximum atomic E-state index is 12.6. The molecule has 7 nitrogen and oxygen atoms in total. The molecular formula is C18H20N4O3. The highest BCUT2D eigenvalue weighted by atomic mass is 16.5. The number of morpholine rings is 1. The number of carbonyl (C=O) groups excluding carboxylic acids is 1. The van der Waals surface area contributed by atoms with E-state index in [4.69, 9.17) is 9.15 Å². The molecule has 1 fully saturated rings. The van der Waals surface area contributed by atoms with Crippen LogP contribution in [-0.4, -0.2) is 45.3 Å². The molecule has 130 valence electrons. The Hall–Kier alpha value is -2.67. The Morgan fingerprint density at radius 2 is 2.16 bits per heavy atom. The molecule has 0 N–H and O–H groups in total. The normalized spacial score (nSPS) is 18.0. The molecule has 1 aliphatic heterocycles. The summed E-state index contributed by atoms with van der Waals surface area (Å²) in [6.45, 7) is 3.92. The fraction of sp³-hybridized carbons (Fsp3) is 0.389. The number of amides is 1. The van der Waals surface area contributed by atoms with Crippen LogP contribution in [0.2, 0.25) is 0 Å². The SMILES string of the molecule is Cc1nnc(C2CN(C(=O)CCn3ccc4ccccc43)CCO2)o1. The molecule has 25 heavy (non-hydrogen) atoms. The number of hydrogen-bond acceptors (Lipinski definition) is 5. The number of benzene rings is 1. The third-order valence-corrected chi connectivity index (χ3v) is 4.48. The highest BCUT2D eigenvalue weighted by molar-refractivity contribution is 5.80. The standard InChI is InChI=1S/C18H20N4O3/c1-13-19-20-18(25-13)16-12-22(10-11-24-16)17(23)7-9-21-8-6-14-4-2-3-5-15(14)21/h2-6,8,16H,7,9-12H2,1H3. The monoisotopic (exact) mass is 340 g/mol. The Kier molecular flexibility index (Phi) is 4.23. The van der Waals surface area contributed by atoms with Crippen LogP contribution in [0.4, 0.5) is 0 Å². The fourth-order valence-electron chi connectivity index (χ4n) is 3.18. The van der Waals surface area contributed by atoms with Gasteiger partial charge < -0.3 is 18.6 Å². The van der Waals surface area contributed by atoms with Crippen molar-refractivity contribution in [2.24, 2.45) is 0 Å². The van der Waals surface area contributed by atoms with Gasteiger partial charge in [0.05, 0.1) is 13.2 Å². The summed E-state index contributed by atoms with van der Waals surface area (Å²) >= 11 is 0. The summed E-state index contributed by atoms with van der Waals surface area (Å²) in [4.78, 5) is 14.4. The Labute approximate surface area is 145 Å². The van der Waals surface area contributed by atoms with Crippen molar-refractivity contribution < 1.29 is 13.9 Å². The summed E-state index contributed by atoms with van der Waals surface area (Å²) in [6.07, 6.45) is 2.14. The van der Waals surface area contributed by atoms with Crippen LogP contribution >= 0.6 is 0 Å². The molecule has 3 aromatic rings. The van der Waals surface area contributed by atoms with E-state index in [1.54, 1.807) is 6.92 Å². The van der Waals surface area contributed by atoms with Gasteiger partial charge >= 0.3 is 0 Å². The van der Waals surface area contributed by atoms with Gasteiger partial charge in [0.15, 0.2) is 6.10 Å². The van der Waals surface area contributed by atoms with Crippen LogP contribution < -0.4 is 0 Å². The first kappa shape index (κ1) is 15.8. The van der Waals surface area contributed by atoms with Crippen LogP contribution in [0.5, 0.6) is 0 Å². The topological polar surface area (TPSA) is 73.4 Å². The second kappa shape index (κ2) is 6.68. The minimum Gasteiger partial charge on any atom is -0.423 e. The van der Waals surface area contributed by atoms with Crippen molar-refractivity contribution in [3.05, 3.63) is 48.3 Å². The molecule has 4 rings (SSSR count). The van der Waals surface area contributed by atoms with Crippen LogP contribution in [-0.2, 0) is 16.1 Å². The summed E-state index contributed by atoms with van der Waals surface area (Å²) in [6, 6.07) is 10.3. The van der Waals surface area contributed by atoms with E-state index in [-0.39, 0.29) is 12.0 Å². The summed E-state index contributed by atoms with van der Waals surface area (Å²) < 4.78 is 13.2. The lowest BCUT2D eigenvalue weighted by Gasteiger charge is -2.31. The van der Waals surface area contributed by atoms with E-state index in [1.807, 2.05) is 23.2 Å². The fourth-order valence-corrected chi connectivity index (χ4v) is 3.18. The minimum absolute atomic E-state index is 0.113. The Morgan fingerprint density at radius 3 is 3.00 bits per heavy atom. The van der Waals surface area contributed by atoms with Gasteiger partial charge in [-0.1, -0.05) is 18.2 Å². The van der Waals surface area contributed by atoms with E-state index in [0.717, 1.165) is 5.52 Å². The van der Waals surface area contributed by atoms with Crippen molar-refractivity contribution >= 4 is 16.8 Å². The first-order chi connectivity index (χ1) is 12.2. The molecular weight excluding hydrogens is 320 g/mol. The Bertz CT molecular complexity index is 885. The molecule has 1 saturated heterocycles. The Balaban J connectivity index is 1.39. The first-order valence-corrected chi connectivity index (χ1v) is 8.44. The Morgan fingerprint density at radius 1 is 1.28 bits per heavy atom. The van der Waals surface area contributed by atoms with Crippen molar-refractivity contribution in [2.75, 3.05) is 19.7 Å². The maximum Gasteiger partial charge on any atom is 0.246 e. The average molecular weight is 340 g/mol. The van der Waals surface area contributed by atoms with Gasteiger partial charge in [0.2, 0.25) is 17.7 Å². The molecule has 1 aromatic carbocycles. The molecule has 1 atom stereocenters. The quantitative estimate of drug-likeness (QED) is 0.729. The first-order valence-electron chi connectivity index (χ1n) is 8.44. The number of fused-ring (bicyclic) bond motifs is 1. The third-order valence-electron chi connectivity index (χ3n) is 4.48. The molecule has 2 aromatic heterocycles.